The Kier molecular flexibility index (Phi) is 47.3. The fourth-order valence-corrected chi connectivity index (χ4v) is 8.00. The SMILES string of the molecule is CCCCCCCCCCCCC/C=C/C(O)C(CO)NC(=O)CCCCCCCCCCCCCCCCC/C=C\CCCCCCCCCCCCCC. The molecule has 0 aromatic heterocycles. The Hall–Kier alpha value is -1.13. The van der Waals surface area contributed by atoms with Crippen LogP contribution in [-0.4, -0.2) is 34.9 Å². The Morgan fingerprint density at radius 1 is 0.411 bits per heavy atom. The normalized spacial score (nSPS) is 13.0. The zero-order chi connectivity index (χ0) is 40.7. The lowest BCUT2D eigenvalue weighted by molar-refractivity contribution is -0.123. The number of allylic oxidation sites excluding steroid dienone is 3. The molecule has 0 bridgehead atoms. The van der Waals surface area contributed by atoms with Crippen molar-refractivity contribution in [2.45, 2.75) is 296 Å². The van der Waals surface area contributed by atoms with Crippen LogP contribution in [0, 0.1) is 0 Å². The van der Waals surface area contributed by atoms with E-state index in [4.69, 9.17) is 0 Å². The number of unbranched alkanes of at least 4 members (excludes halogenated alkanes) is 38. The second-order valence-electron chi connectivity index (χ2n) is 17.6. The molecule has 1 amide bonds. The molecule has 4 heteroatoms. The van der Waals surface area contributed by atoms with E-state index in [1.807, 2.05) is 6.08 Å². The van der Waals surface area contributed by atoms with Crippen LogP contribution in [0.1, 0.15) is 284 Å². The molecule has 332 valence electrons. The van der Waals surface area contributed by atoms with Crippen molar-refractivity contribution in [1.82, 2.24) is 5.32 Å². The van der Waals surface area contributed by atoms with Gasteiger partial charge in [-0.3, -0.25) is 4.79 Å². The van der Waals surface area contributed by atoms with Gasteiger partial charge in [0.05, 0.1) is 18.8 Å². The maximum Gasteiger partial charge on any atom is 0.220 e. The van der Waals surface area contributed by atoms with Crippen molar-refractivity contribution >= 4 is 5.91 Å². The second kappa shape index (κ2) is 48.2. The van der Waals surface area contributed by atoms with E-state index in [0.29, 0.717) is 6.42 Å². The molecule has 0 aliphatic rings. The van der Waals surface area contributed by atoms with Gasteiger partial charge < -0.3 is 15.5 Å². The Morgan fingerprint density at radius 2 is 0.679 bits per heavy atom. The van der Waals surface area contributed by atoms with Crippen molar-refractivity contribution in [2.24, 2.45) is 0 Å². The maximum absolute atomic E-state index is 12.4. The summed E-state index contributed by atoms with van der Waals surface area (Å²) in [7, 11) is 0. The van der Waals surface area contributed by atoms with Gasteiger partial charge >= 0.3 is 0 Å². The van der Waals surface area contributed by atoms with Gasteiger partial charge in [-0.15, -0.1) is 0 Å². The van der Waals surface area contributed by atoms with E-state index in [2.05, 4.69) is 31.3 Å². The van der Waals surface area contributed by atoms with Gasteiger partial charge in [0.25, 0.3) is 0 Å². The lowest BCUT2D eigenvalue weighted by atomic mass is 10.0. The van der Waals surface area contributed by atoms with E-state index in [-0.39, 0.29) is 12.5 Å². The average molecular weight is 788 g/mol. The average Bonchev–Trinajstić information content (AvgIpc) is 3.20. The minimum absolute atomic E-state index is 0.0607. The smallest absolute Gasteiger partial charge is 0.220 e. The summed E-state index contributed by atoms with van der Waals surface area (Å²) < 4.78 is 0. The third-order valence-electron chi connectivity index (χ3n) is 11.9. The van der Waals surface area contributed by atoms with Crippen LogP contribution >= 0.6 is 0 Å². The molecule has 0 radical (unpaired) electrons. The number of aliphatic hydroxyl groups excluding tert-OH is 2. The molecule has 0 saturated carbocycles. The molecule has 2 atom stereocenters. The van der Waals surface area contributed by atoms with Crippen LogP contribution in [0.3, 0.4) is 0 Å². The van der Waals surface area contributed by atoms with Crippen LogP contribution in [0.25, 0.3) is 0 Å². The number of nitrogens with one attached hydrogen (secondary N) is 1. The lowest BCUT2D eigenvalue weighted by Crippen LogP contribution is -2.45. The van der Waals surface area contributed by atoms with E-state index >= 15 is 0 Å². The first-order valence-electron chi connectivity index (χ1n) is 25.6. The van der Waals surface area contributed by atoms with Gasteiger partial charge in [0.15, 0.2) is 0 Å². The highest BCUT2D eigenvalue weighted by Crippen LogP contribution is 2.16. The highest BCUT2D eigenvalue weighted by atomic mass is 16.3. The molecular weight excluding hydrogens is 687 g/mol. The predicted molar refractivity (Wildman–Crippen MR) is 249 cm³/mol. The first-order chi connectivity index (χ1) is 27.7. The summed E-state index contributed by atoms with van der Waals surface area (Å²) in [5.41, 5.74) is 0. The highest BCUT2D eigenvalue weighted by molar-refractivity contribution is 5.76. The molecule has 0 aromatic rings. The van der Waals surface area contributed by atoms with Crippen molar-refractivity contribution in [3.8, 4) is 0 Å². The number of hydrogen-bond acceptors (Lipinski definition) is 3. The van der Waals surface area contributed by atoms with E-state index < -0.39 is 12.1 Å². The summed E-state index contributed by atoms with van der Waals surface area (Å²) in [6.45, 7) is 4.32. The quantitative estimate of drug-likeness (QED) is 0.0425. The zero-order valence-electron chi connectivity index (χ0n) is 38.2. The van der Waals surface area contributed by atoms with Gasteiger partial charge in [-0.05, 0) is 44.9 Å². The lowest BCUT2D eigenvalue weighted by Gasteiger charge is -2.20. The van der Waals surface area contributed by atoms with Gasteiger partial charge in [0.2, 0.25) is 5.91 Å². The molecule has 56 heavy (non-hydrogen) atoms. The monoisotopic (exact) mass is 788 g/mol. The summed E-state index contributed by atoms with van der Waals surface area (Å²) in [6.07, 6.45) is 63.3. The van der Waals surface area contributed by atoms with E-state index in [0.717, 1.165) is 25.7 Å². The number of rotatable bonds is 47. The molecule has 3 N–H and O–H groups in total. The van der Waals surface area contributed by atoms with Crippen molar-refractivity contribution in [3.05, 3.63) is 24.3 Å². The van der Waals surface area contributed by atoms with Gasteiger partial charge in [-0.25, -0.2) is 0 Å². The minimum Gasteiger partial charge on any atom is -0.394 e. The zero-order valence-corrected chi connectivity index (χ0v) is 38.2. The summed E-state index contributed by atoms with van der Waals surface area (Å²) in [5.74, 6) is -0.0607. The minimum atomic E-state index is -0.835. The molecule has 0 aliphatic heterocycles. The Bertz CT molecular complexity index is 810. The third-order valence-corrected chi connectivity index (χ3v) is 11.9. The Labute approximate surface area is 351 Å². The van der Waals surface area contributed by atoms with Crippen LogP contribution in [0.2, 0.25) is 0 Å². The van der Waals surface area contributed by atoms with Crippen molar-refractivity contribution in [2.75, 3.05) is 6.61 Å². The van der Waals surface area contributed by atoms with Crippen LogP contribution < -0.4 is 5.32 Å². The van der Waals surface area contributed by atoms with Crippen molar-refractivity contribution < 1.29 is 15.0 Å². The van der Waals surface area contributed by atoms with Crippen LogP contribution in [0.15, 0.2) is 24.3 Å². The van der Waals surface area contributed by atoms with Crippen LogP contribution in [0.4, 0.5) is 0 Å². The third kappa shape index (κ3) is 44.0. The summed E-state index contributed by atoms with van der Waals surface area (Å²) in [6, 6.07) is -0.618. The van der Waals surface area contributed by atoms with E-state index in [1.54, 1.807) is 6.08 Å². The van der Waals surface area contributed by atoms with Gasteiger partial charge in [-0.1, -0.05) is 256 Å². The number of carbonyl (C=O) groups excluding carboxylic acids is 1. The summed E-state index contributed by atoms with van der Waals surface area (Å²) in [4.78, 5) is 12.4. The molecule has 2 unspecified atom stereocenters. The van der Waals surface area contributed by atoms with Gasteiger partial charge in [0.1, 0.15) is 0 Å². The first kappa shape index (κ1) is 54.9. The fraction of sp³-hybridized carbons (Fsp3) is 0.904. The highest BCUT2D eigenvalue weighted by Gasteiger charge is 2.18. The molecule has 0 saturated heterocycles. The van der Waals surface area contributed by atoms with Gasteiger partial charge in [0, 0.05) is 6.42 Å². The molecule has 0 aliphatic carbocycles. The van der Waals surface area contributed by atoms with Gasteiger partial charge in [-0.2, -0.15) is 0 Å². The fourth-order valence-electron chi connectivity index (χ4n) is 8.00. The first-order valence-corrected chi connectivity index (χ1v) is 25.6. The maximum atomic E-state index is 12.4. The van der Waals surface area contributed by atoms with E-state index in [1.165, 1.54) is 238 Å². The molecule has 0 spiro atoms. The van der Waals surface area contributed by atoms with E-state index in [9.17, 15) is 15.0 Å². The predicted octanol–water partition coefficient (Wildman–Crippen LogP) is 16.4. The number of aliphatic hydroxyl groups is 2. The van der Waals surface area contributed by atoms with Crippen LogP contribution in [-0.2, 0) is 4.79 Å². The molecule has 4 nitrogen and oxygen atoms in total. The second-order valence-corrected chi connectivity index (χ2v) is 17.6. The number of amides is 1. The molecule has 0 aromatic carbocycles. The topological polar surface area (TPSA) is 69.6 Å². The standard InChI is InChI=1S/C52H101NO3/c1-3-5-7-9-11-13-15-17-18-19-20-21-22-23-24-25-26-27-28-29-30-31-32-33-34-36-38-40-42-44-46-48-52(56)53-50(49-54)51(55)47-45-43-41-39-37-35-16-14-12-10-8-6-4-2/h23-24,45,47,50-51,54-55H,3-22,25-44,46,48-49H2,1-2H3,(H,53,56)/b24-23-,47-45+. The summed E-state index contributed by atoms with van der Waals surface area (Å²) in [5, 5.41) is 23.0. The molecular formula is C52H101NO3. The number of hydrogen-bond donors (Lipinski definition) is 3. The molecule has 0 rings (SSSR count). The number of carbonyl (C=O) groups is 1. The molecule has 0 fully saturated rings. The van der Waals surface area contributed by atoms with Crippen molar-refractivity contribution in [1.29, 1.82) is 0 Å². The molecule has 0 heterocycles. The largest absolute Gasteiger partial charge is 0.394 e. The van der Waals surface area contributed by atoms with Crippen molar-refractivity contribution in [3.63, 3.8) is 0 Å². The van der Waals surface area contributed by atoms with Crippen LogP contribution in [0.5, 0.6) is 0 Å². The summed E-state index contributed by atoms with van der Waals surface area (Å²) >= 11 is 0. The Balaban J connectivity index is 3.43. The Morgan fingerprint density at radius 3 is 0.982 bits per heavy atom.